The van der Waals surface area contributed by atoms with Crippen molar-refractivity contribution in [1.29, 1.82) is 0 Å². The molecule has 0 aromatic heterocycles. The van der Waals surface area contributed by atoms with Crippen LogP contribution >= 0.6 is 11.8 Å². The van der Waals surface area contributed by atoms with Crippen LogP contribution in [0.4, 0.5) is 0 Å². The molecule has 0 spiro atoms. The van der Waals surface area contributed by atoms with Gasteiger partial charge in [0.05, 0.1) is 0 Å². The summed E-state index contributed by atoms with van der Waals surface area (Å²) in [7, 11) is 0. The number of carboxylic acid groups (broad SMARTS) is 1. The van der Waals surface area contributed by atoms with Crippen LogP contribution in [0.2, 0.25) is 0 Å². The van der Waals surface area contributed by atoms with Crippen LogP contribution in [-0.4, -0.2) is 40.5 Å². The van der Waals surface area contributed by atoms with Crippen LogP contribution in [0.1, 0.15) is 24.0 Å². The molecule has 0 radical (unpaired) electrons. The summed E-state index contributed by atoms with van der Waals surface area (Å²) in [6.45, 7) is 3.82. The molecule has 5 nitrogen and oxygen atoms in total. The minimum absolute atomic E-state index is 0.0192. The number of aliphatic carboxylic acids is 1. The smallest absolute Gasteiger partial charge is 0.326 e. The Morgan fingerprint density at radius 3 is 2.57 bits per heavy atom. The Bertz CT molecular complexity index is 504. The molecule has 1 aromatic carbocycles. The van der Waals surface area contributed by atoms with Gasteiger partial charge in [0.2, 0.25) is 5.91 Å². The van der Waals surface area contributed by atoms with Crippen LogP contribution in [0.3, 0.4) is 0 Å². The maximum Gasteiger partial charge on any atom is 0.326 e. The number of amides is 1. The number of aliphatic hydroxyl groups excluding tert-OH is 1. The van der Waals surface area contributed by atoms with Crippen LogP contribution in [0.25, 0.3) is 0 Å². The zero-order valence-corrected chi connectivity index (χ0v) is 13.1. The van der Waals surface area contributed by atoms with Gasteiger partial charge in [-0.3, -0.25) is 4.79 Å². The highest BCUT2D eigenvalue weighted by Crippen LogP contribution is 2.21. The first-order valence-corrected chi connectivity index (χ1v) is 7.75. The molecule has 1 rings (SSSR count). The molecule has 0 fully saturated rings. The number of thioether (sulfide) groups is 1. The third kappa shape index (κ3) is 6.18. The van der Waals surface area contributed by atoms with Crippen molar-refractivity contribution >= 4 is 23.6 Å². The van der Waals surface area contributed by atoms with Crippen molar-refractivity contribution in [3.63, 3.8) is 0 Å². The molecular formula is C15H21NO4S. The Balaban J connectivity index is 2.39. The fourth-order valence-corrected chi connectivity index (χ4v) is 2.67. The lowest BCUT2D eigenvalue weighted by Gasteiger charge is -2.13. The monoisotopic (exact) mass is 311 g/mol. The molecule has 0 bridgehead atoms. The summed E-state index contributed by atoms with van der Waals surface area (Å²) in [5.74, 6) is -0.855. The first-order valence-electron chi connectivity index (χ1n) is 6.77. The van der Waals surface area contributed by atoms with E-state index in [0.29, 0.717) is 5.75 Å². The molecule has 0 heterocycles. The predicted octanol–water partition coefficient (Wildman–Crippen LogP) is 1.74. The van der Waals surface area contributed by atoms with Gasteiger partial charge in [-0.1, -0.05) is 6.07 Å². The Morgan fingerprint density at radius 1 is 1.29 bits per heavy atom. The lowest BCUT2D eigenvalue weighted by molar-refractivity contribution is -0.142. The molecule has 116 valence electrons. The largest absolute Gasteiger partial charge is 0.480 e. The zero-order chi connectivity index (χ0) is 15.8. The van der Waals surface area contributed by atoms with E-state index in [4.69, 9.17) is 10.2 Å². The van der Waals surface area contributed by atoms with Crippen LogP contribution < -0.4 is 5.32 Å². The lowest BCUT2D eigenvalue weighted by Crippen LogP contribution is -2.41. The highest BCUT2D eigenvalue weighted by Gasteiger charge is 2.18. The highest BCUT2D eigenvalue weighted by molar-refractivity contribution is 7.99. The molecule has 0 aliphatic carbocycles. The van der Waals surface area contributed by atoms with E-state index in [2.05, 4.69) is 11.4 Å². The molecule has 3 N–H and O–H groups in total. The molecule has 6 heteroatoms. The zero-order valence-electron chi connectivity index (χ0n) is 12.3. The molecule has 21 heavy (non-hydrogen) atoms. The first-order chi connectivity index (χ1) is 9.93. The van der Waals surface area contributed by atoms with Crippen molar-refractivity contribution < 1.29 is 19.8 Å². The highest BCUT2D eigenvalue weighted by atomic mass is 32.2. The van der Waals surface area contributed by atoms with Gasteiger partial charge in [0, 0.05) is 30.1 Å². The third-order valence-electron chi connectivity index (χ3n) is 3.13. The summed E-state index contributed by atoms with van der Waals surface area (Å²) in [5.41, 5.74) is 2.43. The average molecular weight is 311 g/mol. The number of aryl methyl sites for hydroxylation is 2. The third-order valence-corrected chi connectivity index (χ3v) is 4.12. The maximum absolute atomic E-state index is 11.7. The quantitative estimate of drug-likeness (QED) is 0.637. The topological polar surface area (TPSA) is 86.6 Å². The summed E-state index contributed by atoms with van der Waals surface area (Å²) >= 11 is 1.56. The van der Waals surface area contributed by atoms with Gasteiger partial charge >= 0.3 is 5.97 Å². The van der Waals surface area contributed by atoms with Crippen molar-refractivity contribution in [3.8, 4) is 0 Å². The van der Waals surface area contributed by atoms with E-state index in [-0.39, 0.29) is 25.4 Å². The Kier molecular flexibility index (Phi) is 7.25. The summed E-state index contributed by atoms with van der Waals surface area (Å²) in [6.07, 6.45) is 0.262. The van der Waals surface area contributed by atoms with E-state index < -0.39 is 12.0 Å². The standard InChI is InChI=1S/C15H21NO4S/c1-10-3-4-12(9-11(10)2)21-8-6-14(18)16-13(5-7-17)15(19)20/h3-4,9,13,17H,5-8H2,1-2H3,(H,16,18)(H,19,20). The molecule has 0 saturated carbocycles. The molecule has 0 aliphatic rings. The van der Waals surface area contributed by atoms with Gasteiger partial charge < -0.3 is 15.5 Å². The number of hydrogen-bond donors (Lipinski definition) is 3. The first kappa shape index (κ1) is 17.5. The molecule has 1 atom stereocenters. The number of benzene rings is 1. The number of carbonyl (C=O) groups is 2. The summed E-state index contributed by atoms with van der Waals surface area (Å²) in [6, 6.07) is 5.11. The molecule has 1 amide bonds. The second-order valence-corrected chi connectivity index (χ2v) is 5.98. The van der Waals surface area contributed by atoms with E-state index in [9.17, 15) is 9.59 Å². The molecule has 1 unspecified atom stereocenters. The average Bonchev–Trinajstić information content (AvgIpc) is 2.42. The number of carboxylic acids is 1. The van der Waals surface area contributed by atoms with E-state index in [1.54, 1.807) is 11.8 Å². The van der Waals surface area contributed by atoms with E-state index in [1.807, 2.05) is 26.0 Å². The normalized spacial score (nSPS) is 12.0. The number of aliphatic hydroxyl groups is 1. The molecule has 1 aromatic rings. The predicted molar refractivity (Wildman–Crippen MR) is 82.5 cm³/mol. The van der Waals surface area contributed by atoms with Gasteiger partial charge in [0.25, 0.3) is 0 Å². The summed E-state index contributed by atoms with van der Waals surface area (Å²) < 4.78 is 0. The van der Waals surface area contributed by atoms with Crippen molar-refractivity contribution in [2.75, 3.05) is 12.4 Å². The van der Waals surface area contributed by atoms with Gasteiger partial charge in [-0.15, -0.1) is 11.8 Å². The number of nitrogens with one attached hydrogen (secondary N) is 1. The minimum atomic E-state index is -1.13. The van der Waals surface area contributed by atoms with Crippen LogP contribution in [0.5, 0.6) is 0 Å². The number of rotatable bonds is 8. The van der Waals surface area contributed by atoms with E-state index in [1.165, 1.54) is 11.1 Å². The van der Waals surface area contributed by atoms with Gasteiger partial charge in [-0.25, -0.2) is 4.79 Å². The van der Waals surface area contributed by atoms with E-state index >= 15 is 0 Å². The minimum Gasteiger partial charge on any atom is -0.480 e. The summed E-state index contributed by atoms with van der Waals surface area (Å²) in [5, 5.41) is 20.0. The molecule has 0 saturated heterocycles. The SMILES string of the molecule is Cc1ccc(SCCC(=O)NC(CCO)C(=O)O)cc1C. The van der Waals surface area contributed by atoms with Crippen LogP contribution in [0.15, 0.2) is 23.1 Å². The molecule has 0 aliphatic heterocycles. The molecular weight excluding hydrogens is 290 g/mol. The fourth-order valence-electron chi connectivity index (χ4n) is 1.72. The van der Waals surface area contributed by atoms with Crippen molar-refractivity contribution in [1.82, 2.24) is 5.32 Å². The number of hydrogen-bond acceptors (Lipinski definition) is 4. The fraction of sp³-hybridized carbons (Fsp3) is 0.467. The van der Waals surface area contributed by atoms with Gasteiger partial charge in [0.15, 0.2) is 0 Å². The van der Waals surface area contributed by atoms with Crippen molar-refractivity contribution in [2.45, 2.75) is 37.6 Å². The maximum atomic E-state index is 11.7. The second-order valence-electron chi connectivity index (χ2n) is 4.82. The van der Waals surface area contributed by atoms with E-state index in [0.717, 1.165) is 4.90 Å². The Hall–Kier alpha value is -1.53. The van der Waals surface area contributed by atoms with Gasteiger partial charge in [-0.2, -0.15) is 0 Å². The Labute approximate surface area is 128 Å². The van der Waals surface area contributed by atoms with Gasteiger partial charge in [-0.05, 0) is 37.1 Å². The lowest BCUT2D eigenvalue weighted by atomic mass is 10.1. The second kappa shape index (κ2) is 8.69. The van der Waals surface area contributed by atoms with Crippen LogP contribution in [0, 0.1) is 13.8 Å². The van der Waals surface area contributed by atoms with Crippen LogP contribution in [-0.2, 0) is 9.59 Å². The van der Waals surface area contributed by atoms with Crippen molar-refractivity contribution in [2.24, 2.45) is 0 Å². The van der Waals surface area contributed by atoms with Crippen molar-refractivity contribution in [3.05, 3.63) is 29.3 Å². The Morgan fingerprint density at radius 2 is 2.00 bits per heavy atom. The van der Waals surface area contributed by atoms with Gasteiger partial charge in [0.1, 0.15) is 6.04 Å². The summed E-state index contributed by atoms with van der Waals surface area (Å²) in [4.78, 5) is 23.6. The number of carbonyl (C=O) groups excluding carboxylic acids is 1.